The van der Waals surface area contributed by atoms with Crippen LogP contribution < -0.4 is 10.2 Å². The summed E-state index contributed by atoms with van der Waals surface area (Å²) >= 11 is 3.34. The van der Waals surface area contributed by atoms with E-state index < -0.39 is 4.83 Å². The number of hydrogen-bond donors (Lipinski definition) is 1. The Morgan fingerprint density at radius 2 is 1.37 bits per heavy atom. The molecule has 0 aliphatic heterocycles. The minimum absolute atomic E-state index is 0.0450. The number of carbonyl (C=O) groups excluding carboxylic acids is 2. The summed E-state index contributed by atoms with van der Waals surface area (Å²) in [6.45, 7) is 3.65. The van der Waals surface area contributed by atoms with Crippen LogP contribution in [0.15, 0.2) is 84.9 Å². The molecule has 0 heterocycles. The van der Waals surface area contributed by atoms with Crippen molar-refractivity contribution >= 4 is 33.4 Å². The molecule has 1 unspecified atom stereocenters. The SMILES string of the molecule is CC(Br)C(=O)N(CC(=O)N[C@@H](C)c1ccccc1)c1ccc(-c2ccccc2)cc1. The molecule has 30 heavy (non-hydrogen) atoms. The highest BCUT2D eigenvalue weighted by atomic mass is 79.9. The summed E-state index contributed by atoms with van der Waals surface area (Å²) < 4.78 is 0. The fourth-order valence-electron chi connectivity index (χ4n) is 3.23. The Hall–Kier alpha value is -2.92. The first-order valence-electron chi connectivity index (χ1n) is 9.91. The van der Waals surface area contributed by atoms with Crippen LogP contribution in [0.25, 0.3) is 11.1 Å². The lowest BCUT2D eigenvalue weighted by atomic mass is 10.1. The first-order chi connectivity index (χ1) is 14.5. The van der Waals surface area contributed by atoms with Gasteiger partial charge in [0.05, 0.1) is 10.9 Å². The second-order valence-electron chi connectivity index (χ2n) is 7.15. The molecule has 0 aliphatic carbocycles. The van der Waals surface area contributed by atoms with Crippen molar-refractivity contribution in [1.29, 1.82) is 0 Å². The number of rotatable bonds is 7. The van der Waals surface area contributed by atoms with Crippen LogP contribution in [0.5, 0.6) is 0 Å². The van der Waals surface area contributed by atoms with Crippen molar-refractivity contribution in [2.24, 2.45) is 0 Å². The lowest BCUT2D eigenvalue weighted by molar-refractivity contribution is -0.123. The van der Waals surface area contributed by atoms with Gasteiger partial charge in [0, 0.05) is 5.69 Å². The summed E-state index contributed by atoms with van der Waals surface area (Å²) in [7, 11) is 0. The van der Waals surface area contributed by atoms with Crippen LogP contribution in [-0.4, -0.2) is 23.2 Å². The highest BCUT2D eigenvalue weighted by molar-refractivity contribution is 9.10. The summed E-state index contributed by atoms with van der Waals surface area (Å²) in [5.41, 5.74) is 3.87. The molecule has 0 fully saturated rings. The number of alkyl halides is 1. The van der Waals surface area contributed by atoms with E-state index >= 15 is 0 Å². The average Bonchev–Trinajstić information content (AvgIpc) is 2.78. The minimum Gasteiger partial charge on any atom is -0.348 e. The van der Waals surface area contributed by atoms with E-state index in [9.17, 15) is 9.59 Å². The van der Waals surface area contributed by atoms with Crippen molar-refractivity contribution in [3.05, 3.63) is 90.5 Å². The van der Waals surface area contributed by atoms with Crippen LogP contribution in [-0.2, 0) is 9.59 Å². The molecule has 5 heteroatoms. The van der Waals surface area contributed by atoms with Crippen LogP contribution in [0.3, 0.4) is 0 Å². The zero-order chi connectivity index (χ0) is 21.5. The van der Waals surface area contributed by atoms with Gasteiger partial charge in [0.1, 0.15) is 6.54 Å². The topological polar surface area (TPSA) is 49.4 Å². The van der Waals surface area contributed by atoms with Gasteiger partial charge in [-0.15, -0.1) is 0 Å². The number of hydrogen-bond acceptors (Lipinski definition) is 2. The molecule has 4 nitrogen and oxygen atoms in total. The van der Waals surface area contributed by atoms with Gasteiger partial charge in [-0.2, -0.15) is 0 Å². The molecular weight excluding hydrogens is 440 g/mol. The van der Waals surface area contributed by atoms with Gasteiger partial charge < -0.3 is 10.2 Å². The molecule has 3 aromatic carbocycles. The summed E-state index contributed by atoms with van der Waals surface area (Å²) in [5.74, 6) is -0.370. The van der Waals surface area contributed by atoms with Gasteiger partial charge in [0.2, 0.25) is 11.8 Å². The Balaban J connectivity index is 1.76. The standard InChI is InChI=1S/C25H25BrN2O2/c1-18(26)25(30)28(17-24(29)27-19(2)20-9-5-3-6-10-20)23-15-13-22(14-16-23)21-11-7-4-8-12-21/h3-16,18-19H,17H2,1-2H3,(H,27,29)/t18?,19-/m0/s1. The highest BCUT2D eigenvalue weighted by Gasteiger charge is 2.23. The van der Waals surface area contributed by atoms with E-state index in [2.05, 4.69) is 21.2 Å². The molecule has 1 N–H and O–H groups in total. The number of carbonyl (C=O) groups is 2. The number of nitrogens with one attached hydrogen (secondary N) is 1. The number of nitrogens with zero attached hydrogens (tertiary/aromatic N) is 1. The van der Waals surface area contributed by atoms with Gasteiger partial charge in [0.15, 0.2) is 0 Å². The molecule has 0 saturated carbocycles. The second-order valence-corrected chi connectivity index (χ2v) is 8.53. The molecule has 0 aliphatic rings. The third-order valence-corrected chi connectivity index (χ3v) is 5.26. The van der Waals surface area contributed by atoms with Crippen LogP contribution >= 0.6 is 15.9 Å². The van der Waals surface area contributed by atoms with E-state index in [4.69, 9.17) is 0 Å². The van der Waals surface area contributed by atoms with Crippen LogP contribution in [0.2, 0.25) is 0 Å². The first-order valence-corrected chi connectivity index (χ1v) is 10.8. The average molecular weight is 465 g/mol. The zero-order valence-electron chi connectivity index (χ0n) is 17.1. The summed E-state index contributed by atoms with van der Waals surface area (Å²) in [4.78, 5) is 26.6. The molecule has 154 valence electrons. The quantitative estimate of drug-likeness (QED) is 0.479. The van der Waals surface area contributed by atoms with Crippen molar-refractivity contribution in [3.8, 4) is 11.1 Å². The smallest absolute Gasteiger partial charge is 0.240 e. The molecule has 0 spiro atoms. The van der Waals surface area contributed by atoms with Gasteiger partial charge in [-0.3, -0.25) is 9.59 Å². The van der Waals surface area contributed by atoms with Crippen LogP contribution in [0, 0.1) is 0 Å². The second kappa shape index (κ2) is 10.2. The van der Waals surface area contributed by atoms with Gasteiger partial charge in [0.25, 0.3) is 0 Å². The summed E-state index contributed by atoms with van der Waals surface area (Å²) in [6, 6.07) is 27.3. The minimum atomic E-state index is -0.398. The number of amides is 2. The Morgan fingerprint density at radius 3 is 1.93 bits per heavy atom. The predicted octanol–water partition coefficient (Wildman–Crippen LogP) is 5.35. The Morgan fingerprint density at radius 1 is 0.833 bits per heavy atom. The van der Waals surface area contributed by atoms with Gasteiger partial charge >= 0.3 is 0 Å². The number of anilines is 1. The normalized spacial score (nSPS) is 12.6. The first kappa shape index (κ1) is 21.8. The molecule has 0 saturated heterocycles. The van der Waals surface area contributed by atoms with E-state index in [0.29, 0.717) is 5.69 Å². The maximum absolute atomic E-state index is 12.8. The van der Waals surface area contributed by atoms with Crippen molar-refractivity contribution in [2.75, 3.05) is 11.4 Å². The van der Waals surface area contributed by atoms with Crippen LogP contribution in [0.4, 0.5) is 5.69 Å². The molecule has 3 rings (SSSR count). The molecule has 2 atom stereocenters. The highest BCUT2D eigenvalue weighted by Crippen LogP contribution is 2.24. The molecular formula is C25H25BrN2O2. The molecule has 2 amide bonds. The largest absolute Gasteiger partial charge is 0.348 e. The fraction of sp³-hybridized carbons (Fsp3) is 0.200. The zero-order valence-corrected chi connectivity index (χ0v) is 18.7. The Bertz CT molecular complexity index is 973. The van der Waals surface area contributed by atoms with Gasteiger partial charge in [-0.05, 0) is 42.7 Å². The Labute approximate surface area is 186 Å². The third kappa shape index (κ3) is 5.57. The van der Waals surface area contributed by atoms with Gasteiger partial charge in [-0.25, -0.2) is 0 Å². The Kier molecular flexibility index (Phi) is 7.41. The van der Waals surface area contributed by atoms with E-state index in [1.54, 1.807) is 6.92 Å². The van der Waals surface area contributed by atoms with E-state index in [-0.39, 0.29) is 24.4 Å². The van der Waals surface area contributed by atoms with E-state index in [1.165, 1.54) is 4.90 Å². The van der Waals surface area contributed by atoms with Crippen molar-refractivity contribution in [2.45, 2.75) is 24.7 Å². The maximum Gasteiger partial charge on any atom is 0.240 e. The van der Waals surface area contributed by atoms with Gasteiger partial charge in [-0.1, -0.05) is 88.7 Å². The lowest BCUT2D eigenvalue weighted by Crippen LogP contribution is -2.43. The van der Waals surface area contributed by atoms with Crippen molar-refractivity contribution in [1.82, 2.24) is 5.32 Å². The molecule has 0 aromatic heterocycles. The van der Waals surface area contributed by atoms with E-state index in [1.807, 2.05) is 91.9 Å². The third-order valence-electron chi connectivity index (χ3n) is 4.87. The number of benzene rings is 3. The predicted molar refractivity (Wildman–Crippen MR) is 126 cm³/mol. The lowest BCUT2D eigenvalue weighted by Gasteiger charge is -2.25. The van der Waals surface area contributed by atoms with Crippen LogP contribution in [0.1, 0.15) is 25.5 Å². The molecule has 0 radical (unpaired) electrons. The van der Waals surface area contributed by atoms with Crippen molar-refractivity contribution < 1.29 is 9.59 Å². The molecule has 3 aromatic rings. The van der Waals surface area contributed by atoms with E-state index in [0.717, 1.165) is 16.7 Å². The summed E-state index contributed by atoms with van der Waals surface area (Å²) in [6.07, 6.45) is 0. The fourth-order valence-corrected chi connectivity index (χ4v) is 3.48. The maximum atomic E-state index is 12.8. The molecule has 0 bridgehead atoms. The summed E-state index contributed by atoms with van der Waals surface area (Å²) in [5, 5.41) is 2.98. The van der Waals surface area contributed by atoms with Crippen molar-refractivity contribution in [3.63, 3.8) is 0 Å². The monoisotopic (exact) mass is 464 g/mol. The number of halogens is 1.